The average Bonchev–Trinajstić information content (AvgIpc) is 2.37. The van der Waals surface area contributed by atoms with E-state index >= 15 is 0 Å². The van der Waals surface area contributed by atoms with E-state index in [2.05, 4.69) is 0 Å². The molecule has 0 radical (unpaired) electrons. The van der Waals surface area contributed by atoms with Gasteiger partial charge in [-0.25, -0.2) is 0 Å². The lowest BCUT2D eigenvalue weighted by molar-refractivity contribution is -0.116. The van der Waals surface area contributed by atoms with Gasteiger partial charge in [-0.1, -0.05) is 6.07 Å². The van der Waals surface area contributed by atoms with Crippen LogP contribution in [-0.4, -0.2) is 24.2 Å². The van der Waals surface area contributed by atoms with Gasteiger partial charge in [0.25, 0.3) is 0 Å². The van der Waals surface area contributed by atoms with E-state index in [0.717, 1.165) is 16.1 Å². The molecule has 0 spiro atoms. The van der Waals surface area contributed by atoms with Crippen molar-refractivity contribution in [2.75, 3.05) is 17.2 Å². The zero-order valence-electron chi connectivity index (χ0n) is 9.85. The maximum absolute atomic E-state index is 12.0. The van der Waals surface area contributed by atoms with Crippen molar-refractivity contribution in [2.45, 2.75) is 24.4 Å². The minimum atomic E-state index is 0.0233. The summed E-state index contributed by atoms with van der Waals surface area (Å²) in [5, 5.41) is 0. The molecule has 5 heteroatoms. The van der Waals surface area contributed by atoms with Crippen molar-refractivity contribution in [3.05, 3.63) is 23.8 Å². The third-order valence-corrected chi connectivity index (χ3v) is 3.97. The number of fused-ring (bicyclic) bond motifs is 1. The summed E-state index contributed by atoms with van der Waals surface area (Å²) in [6.45, 7) is 2.91. The molecule has 1 heterocycles. The van der Waals surface area contributed by atoms with Gasteiger partial charge < -0.3 is 16.4 Å². The minimum absolute atomic E-state index is 0.0233. The summed E-state index contributed by atoms with van der Waals surface area (Å²) >= 11 is 1.57. The first-order valence-electron chi connectivity index (χ1n) is 5.65. The molecule has 0 bridgehead atoms. The van der Waals surface area contributed by atoms with Crippen LogP contribution >= 0.6 is 11.8 Å². The molecule has 4 nitrogen and oxygen atoms in total. The van der Waals surface area contributed by atoms with Crippen molar-refractivity contribution in [3.63, 3.8) is 0 Å². The van der Waals surface area contributed by atoms with Crippen molar-refractivity contribution in [2.24, 2.45) is 11.5 Å². The van der Waals surface area contributed by atoms with Crippen LogP contribution < -0.4 is 16.4 Å². The maximum atomic E-state index is 12.0. The Morgan fingerprint density at radius 2 is 2.24 bits per heavy atom. The molecule has 1 unspecified atom stereocenters. The van der Waals surface area contributed by atoms with Crippen LogP contribution in [0.1, 0.15) is 12.5 Å². The van der Waals surface area contributed by atoms with Gasteiger partial charge in [-0.05, 0) is 24.6 Å². The normalized spacial score (nSPS) is 16.9. The van der Waals surface area contributed by atoms with Crippen LogP contribution in [0.2, 0.25) is 0 Å². The molecule has 1 aromatic carbocycles. The zero-order chi connectivity index (χ0) is 12.4. The third-order valence-electron chi connectivity index (χ3n) is 2.92. The Morgan fingerprint density at radius 3 is 2.88 bits per heavy atom. The number of nitrogens with two attached hydrogens (primary N) is 2. The molecule has 1 atom stereocenters. The third kappa shape index (κ3) is 2.31. The van der Waals surface area contributed by atoms with Gasteiger partial charge in [-0.3, -0.25) is 4.79 Å². The number of thioether (sulfide) groups is 1. The Labute approximate surface area is 105 Å². The standard InChI is InChI=1S/C12H17N3OS/c1-8(5-13)15-10-4-9(6-14)2-3-11(10)17-7-12(15)16/h2-4,8H,5-7,13-14H2,1H3. The summed E-state index contributed by atoms with van der Waals surface area (Å²) in [6, 6.07) is 6.05. The second-order valence-electron chi connectivity index (χ2n) is 4.14. The highest BCUT2D eigenvalue weighted by Gasteiger charge is 2.28. The van der Waals surface area contributed by atoms with Crippen molar-refractivity contribution < 1.29 is 4.79 Å². The van der Waals surface area contributed by atoms with Crippen LogP contribution in [0.4, 0.5) is 5.69 Å². The smallest absolute Gasteiger partial charge is 0.237 e. The van der Waals surface area contributed by atoms with Gasteiger partial charge in [0.15, 0.2) is 0 Å². The number of carbonyl (C=O) groups is 1. The van der Waals surface area contributed by atoms with E-state index in [1.54, 1.807) is 16.7 Å². The van der Waals surface area contributed by atoms with E-state index in [-0.39, 0.29) is 11.9 Å². The monoisotopic (exact) mass is 251 g/mol. The highest BCUT2D eigenvalue weighted by molar-refractivity contribution is 8.00. The van der Waals surface area contributed by atoms with Crippen molar-refractivity contribution in [1.29, 1.82) is 0 Å². The molecule has 92 valence electrons. The van der Waals surface area contributed by atoms with Crippen LogP contribution in [0, 0.1) is 0 Å². The Kier molecular flexibility index (Phi) is 3.71. The molecule has 0 saturated carbocycles. The molecule has 1 aliphatic rings. The van der Waals surface area contributed by atoms with Gasteiger partial charge in [-0.2, -0.15) is 0 Å². The Balaban J connectivity index is 2.45. The molecule has 1 amide bonds. The fourth-order valence-electron chi connectivity index (χ4n) is 1.93. The number of anilines is 1. The summed E-state index contributed by atoms with van der Waals surface area (Å²) in [6.07, 6.45) is 0. The van der Waals surface area contributed by atoms with Crippen LogP contribution in [0.15, 0.2) is 23.1 Å². The molecule has 1 aliphatic heterocycles. The molecule has 0 fully saturated rings. The Hall–Kier alpha value is -1.04. The number of rotatable bonds is 3. The molecule has 2 rings (SSSR count). The molecule has 0 aliphatic carbocycles. The minimum Gasteiger partial charge on any atom is -0.328 e. The molecule has 0 aromatic heterocycles. The van der Waals surface area contributed by atoms with Crippen LogP contribution in [-0.2, 0) is 11.3 Å². The SMILES string of the molecule is CC(CN)N1C(=O)CSc2ccc(CN)cc21. The average molecular weight is 251 g/mol. The Bertz CT molecular complexity index is 436. The molecule has 1 aromatic rings. The van der Waals surface area contributed by atoms with Crippen LogP contribution in [0.3, 0.4) is 0 Å². The lowest BCUT2D eigenvalue weighted by Crippen LogP contribution is -2.45. The van der Waals surface area contributed by atoms with Gasteiger partial charge in [0.1, 0.15) is 0 Å². The van der Waals surface area contributed by atoms with E-state index in [1.165, 1.54) is 0 Å². The summed E-state index contributed by atoms with van der Waals surface area (Å²) in [5.74, 6) is 0.605. The zero-order valence-corrected chi connectivity index (χ0v) is 10.7. The fraction of sp³-hybridized carbons (Fsp3) is 0.417. The van der Waals surface area contributed by atoms with Gasteiger partial charge in [-0.15, -0.1) is 11.8 Å². The van der Waals surface area contributed by atoms with E-state index in [4.69, 9.17) is 11.5 Å². The Morgan fingerprint density at radius 1 is 1.47 bits per heavy atom. The van der Waals surface area contributed by atoms with Crippen molar-refractivity contribution in [1.82, 2.24) is 0 Å². The number of nitrogens with zero attached hydrogens (tertiary/aromatic N) is 1. The molecule has 0 saturated heterocycles. The first kappa shape index (κ1) is 12.4. The number of hydrogen-bond donors (Lipinski definition) is 2. The summed E-state index contributed by atoms with van der Waals surface area (Å²) in [7, 11) is 0. The van der Waals surface area contributed by atoms with E-state index in [9.17, 15) is 4.79 Å². The van der Waals surface area contributed by atoms with E-state index in [0.29, 0.717) is 18.8 Å². The van der Waals surface area contributed by atoms with Gasteiger partial charge >= 0.3 is 0 Å². The highest BCUT2D eigenvalue weighted by Crippen LogP contribution is 2.36. The summed E-state index contributed by atoms with van der Waals surface area (Å²) in [4.78, 5) is 14.9. The van der Waals surface area contributed by atoms with Gasteiger partial charge in [0.2, 0.25) is 5.91 Å². The van der Waals surface area contributed by atoms with Crippen LogP contribution in [0.5, 0.6) is 0 Å². The second kappa shape index (κ2) is 5.08. The number of benzene rings is 1. The lowest BCUT2D eigenvalue weighted by atomic mass is 10.1. The second-order valence-corrected chi connectivity index (χ2v) is 5.16. The largest absolute Gasteiger partial charge is 0.328 e. The van der Waals surface area contributed by atoms with Gasteiger partial charge in [0.05, 0.1) is 11.4 Å². The number of amides is 1. The maximum Gasteiger partial charge on any atom is 0.237 e. The molecule has 17 heavy (non-hydrogen) atoms. The predicted molar refractivity (Wildman–Crippen MR) is 71.1 cm³/mol. The first-order valence-corrected chi connectivity index (χ1v) is 6.64. The van der Waals surface area contributed by atoms with Crippen molar-refractivity contribution >= 4 is 23.4 Å². The quantitative estimate of drug-likeness (QED) is 0.838. The van der Waals surface area contributed by atoms with E-state index in [1.807, 2.05) is 25.1 Å². The molecule has 4 N–H and O–H groups in total. The van der Waals surface area contributed by atoms with Gasteiger partial charge in [0, 0.05) is 24.0 Å². The predicted octanol–water partition coefficient (Wildman–Crippen LogP) is 0.931. The fourth-order valence-corrected chi connectivity index (χ4v) is 2.82. The highest BCUT2D eigenvalue weighted by atomic mass is 32.2. The van der Waals surface area contributed by atoms with E-state index < -0.39 is 0 Å². The topological polar surface area (TPSA) is 72.3 Å². The lowest BCUT2D eigenvalue weighted by Gasteiger charge is -2.33. The van der Waals surface area contributed by atoms with Crippen molar-refractivity contribution in [3.8, 4) is 0 Å². The first-order chi connectivity index (χ1) is 8.17. The summed E-state index contributed by atoms with van der Waals surface area (Å²) < 4.78 is 0. The van der Waals surface area contributed by atoms with Crippen LogP contribution in [0.25, 0.3) is 0 Å². The number of hydrogen-bond acceptors (Lipinski definition) is 4. The molecular formula is C12H17N3OS. The molecular weight excluding hydrogens is 234 g/mol. The number of carbonyl (C=O) groups excluding carboxylic acids is 1. The summed E-state index contributed by atoms with van der Waals surface area (Å²) in [5.41, 5.74) is 13.3.